The molecule has 0 spiro atoms. The largest absolute Gasteiger partial charge is 0.444 e. The lowest BCUT2D eigenvalue weighted by atomic mass is 9.93. The van der Waals surface area contributed by atoms with Gasteiger partial charge in [-0.05, 0) is 51.7 Å². The SMILES string of the molecule is CC(C)(C)OC(=O)NC1CC=C(c2cnc3[nH]ccc3n2)CC1. The number of carbonyl (C=O) groups excluding carboxylic acids is 1. The first-order valence-electron chi connectivity index (χ1n) is 7.90. The van der Waals surface area contributed by atoms with E-state index in [4.69, 9.17) is 4.74 Å². The van der Waals surface area contributed by atoms with Crippen molar-refractivity contribution in [2.45, 2.75) is 51.7 Å². The summed E-state index contributed by atoms with van der Waals surface area (Å²) in [7, 11) is 0. The van der Waals surface area contributed by atoms with E-state index in [9.17, 15) is 4.79 Å². The van der Waals surface area contributed by atoms with Crippen molar-refractivity contribution in [1.29, 1.82) is 0 Å². The second-order valence-electron chi connectivity index (χ2n) is 6.81. The van der Waals surface area contributed by atoms with E-state index in [0.29, 0.717) is 0 Å². The van der Waals surface area contributed by atoms with Gasteiger partial charge in [-0.25, -0.2) is 14.8 Å². The average molecular weight is 314 g/mol. The van der Waals surface area contributed by atoms with Crippen LogP contribution in [0, 0.1) is 0 Å². The Hall–Kier alpha value is -2.37. The number of nitrogens with one attached hydrogen (secondary N) is 2. The number of amides is 1. The zero-order valence-corrected chi connectivity index (χ0v) is 13.7. The fraction of sp³-hybridized carbons (Fsp3) is 0.471. The first kappa shape index (κ1) is 15.5. The highest BCUT2D eigenvalue weighted by Gasteiger charge is 2.22. The highest BCUT2D eigenvalue weighted by atomic mass is 16.6. The Morgan fingerprint density at radius 3 is 2.96 bits per heavy atom. The van der Waals surface area contributed by atoms with Crippen molar-refractivity contribution >= 4 is 22.8 Å². The normalized spacial score (nSPS) is 18.6. The van der Waals surface area contributed by atoms with Crippen LogP contribution in [-0.4, -0.2) is 32.7 Å². The van der Waals surface area contributed by atoms with Crippen LogP contribution >= 0.6 is 0 Å². The number of hydrogen-bond acceptors (Lipinski definition) is 4. The van der Waals surface area contributed by atoms with E-state index in [1.165, 1.54) is 5.57 Å². The molecule has 1 aliphatic rings. The lowest BCUT2D eigenvalue weighted by Gasteiger charge is -2.25. The summed E-state index contributed by atoms with van der Waals surface area (Å²) >= 11 is 0. The first-order valence-corrected chi connectivity index (χ1v) is 7.90. The Balaban J connectivity index is 1.62. The predicted molar refractivity (Wildman–Crippen MR) is 88.9 cm³/mol. The molecule has 0 aromatic carbocycles. The smallest absolute Gasteiger partial charge is 0.407 e. The maximum absolute atomic E-state index is 11.8. The van der Waals surface area contributed by atoms with E-state index >= 15 is 0 Å². The molecule has 23 heavy (non-hydrogen) atoms. The molecule has 1 amide bonds. The molecule has 122 valence electrons. The van der Waals surface area contributed by atoms with Crippen LogP contribution in [0.5, 0.6) is 0 Å². The molecule has 0 fully saturated rings. The molecule has 1 aliphatic carbocycles. The lowest BCUT2D eigenvalue weighted by Crippen LogP contribution is -2.39. The van der Waals surface area contributed by atoms with Gasteiger partial charge in [0, 0.05) is 12.2 Å². The molecule has 2 heterocycles. The number of aromatic nitrogens is 3. The number of fused-ring (bicyclic) bond motifs is 1. The Morgan fingerprint density at radius 2 is 2.26 bits per heavy atom. The topological polar surface area (TPSA) is 79.9 Å². The maximum atomic E-state index is 11.8. The lowest BCUT2D eigenvalue weighted by molar-refractivity contribution is 0.0502. The van der Waals surface area contributed by atoms with E-state index in [1.54, 1.807) is 6.20 Å². The van der Waals surface area contributed by atoms with Crippen molar-refractivity contribution in [2.75, 3.05) is 0 Å². The average Bonchev–Trinajstić information content (AvgIpc) is 2.93. The maximum Gasteiger partial charge on any atom is 0.407 e. The van der Waals surface area contributed by atoms with Crippen LogP contribution in [-0.2, 0) is 4.74 Å². The van der Waals surface area contributed by atoms with Gasteiger partial charge in [0.15, 0.2) is 5.65 Å². The first-order chi connectivity index (χ1) is 10.9. The summed E-state index contributed by atoms with van der Waals surface area (Å²) in [4.78, 5) is 23.9. The molecule has 6 nitrogen and oxygen atoms in total. The molecular weight excluding hydrogens is 292 g/mol. The van der Waals surface area contributed by atoms with Gasteiger partial charge in [0.05, 0.1) is 11.9 Å². The van der Waals surface area contributed by atoms with E-state index in [0.717, 1.165) is 36.1 Å². The summed E-state index contributed by atoms with van der Waals surface area (Å²) in [5.74, 6) is 0. The highest BCUT2D eigenvalue weighted by Crippen LogP contribution is 2.26. The number of nitrogens with zero attached hydrogens (tertiary/aromatic N) is 2. The van der Waals surface area contributed by atoms with E-state index in [-0.39, 0.29) is 12.1 Å². The summed E-state index contributed by atoms with van der Waals surface area (Å²) in [6, 6.07) is 2.03. The van der Waals surface area contributed by atoms with Crippen LogP contribution in [0.1, 0.15) is 45.7 Å². The van der Waals surface area contributed by atoms with Gasteiger partial charge < -0.3 is 15.0 Å². The molecule has 0 saturated carbocycles. The molecule has 2 N–H and O–H groups in total. The zero-order chi connectivity index (χ0) is 16.4. The minimum absolute atomic E-state index is 0.109. The van der Waals surface area contributed by atoms with Gasteiger partial charge in [-0.2, -0.15) is 0 Å². The number of rotatable bonds is 2. The summed E-state index contributed by atoms with van der Waals surface area (Å²) < 4.78 is 5.29. The van der Waals surface area contributed by atoms with E-state index < -0.39 is 5.60 Å². The van der Waals surface area contributed by atoms with Crippen molar-refractivity contribution in [3.05, 3.63) is 30.2 Å². The summed E-state index contributed by atoms with van der Waals surface area (Å²) in [5, 5.41) is 2.93. The highest BCUT2D eigenvalue weighted by molar-refractivity contribution is 5.74. The number of carbonyl (C=O) groups is 1. The van der Waals surface area contributed by atoms with Gasteiger partial charge >= 0.3 is 6.09 Å². The Labute approximate surface area is 135 Å². The minimum Gasteiger partial charge on any atom is -0.444 e. The van der Waals surface area contributed by atoms with Gasteiger partial charge in [-0.3, -0.25) is 0 Å². The van der Waals surface area contributed by atoms with Crippen molar-refractivity contribution < 1.29 is 9.53 Å². The second kappa shape index (κ2) is 6.02. The number of allylic oxidation sites excluding steroid dienone is 1. The molecular formula is C17H22N4O2. The number of H-pyrrole nitrogens is 1. The molecule has 3 rings (SSSR count). The third kappa shape index (κ3) is 3.88. The summed E-state index contributed by atoms with van der Waals surface area (Å²) in [6.07, 6.45) is 7.93. The number of hydrogen-bond donors (Lipinski definition) is 2. The fourth-order valence-corrected chi connectivity index (χ4v) is 2.66. The van der Waals surface area contributed by atoms with Crippen molar-refractivity contribution in [3.8, 4) is 0 Å². The Kier molecular flexibility index (Phi) is 4.07. The van der Waals surface area contributed by atoms with Gasteiger partial charge in [0.25, 0.3) is 0 Å². The quantitative estimate of drug-likeness (QED) is 0.890. The Bertz CT molecular complexity index is 742. The number of ether oxygens (including phenoxy) is 1. The van der Waals surface area contributed by atoms with Crippen LogP contribution in [0.25, 0.3) is 16.7 Å². The fourth-order valence-electron chi connectivity index (χ4n) is 2.66. The van der Waals surface area contributed by atoms with Crippen LogP contribution < -0.4 is 5.32 Å². The molecule has 6 heteroatoms. The molecule has 2 aromatic heterocycles. The summed E-state index contributed by atoms with van der Waals surface area (Å²) in [5.41, 5.74) is 3.30. The molecule has 2 aromatic rings. The molecule has 1 atom stereocenters. The van der Waals surface area contributed by atoms with Crippen molar-refractivity contribution in [1.82, 2.24) is 20.3 Å². The molecule has 0 bridgehead atoms. The van der Waals surface area contributed by atoms with Gasteiger partial charge in [-0.1, -0.05) is 6.08 Å². The Morgan fingerprint density at radius 1 is 1.43 bits per heavy atom. The van der Waals surface area contributed by atoms with E-state index in [2.05, 4.69) is 26.3 Å². The standard InChI is InChI=1S/C17H22N4O2/c1-17(2,3)23-16(22)20-12-6-4-11(5-7-12)14-10-19-15-13(21-14)8-9-18-15/h4,8-10,12H,5-7H2,1-3H3,(H,18,19)(H,20,22). The van der Waals surface area contributed by atoms with Crippen molar-refractivity contribution in [2.24, 2.45) is 0 Å². The van der Waals surface area contributed by atoms with Gasteiger partial charge in [-0.15, -0.1) is 0 Å². The van der Waals surface area contributed by atoms with Crippen LogP contribution in [0.2, 0.25) is 0 Å². The minimum atomic E-state index is -0.471. The number of alkyl carbamates (subject to hydrolysis) is 1. The third-order valence-electron chi connectivity index (χ3n) is 3.72. The molecule has 0 aliphatic heterocycles. The van der Waals surface area contributed by atoms with Crippen molar-refractivity contribution in [3.63, 3.8) is 0 Å². The monoisotopic (exact) mass is 314 g/mol. The van der Waals surface area contributed by atoms with Gasteiger partial charge in [0.1, 0.15) is 11.1 Å². The molecule has 1 unspecified atom stereocenters. The molecule has 0 saturated heterocycles. The van der Waals surface area contributed by atoms with Gasteiger partial charge in [0.2, 0.25) is 0 Å². The molecule has 0 radical (unpaired) electrons. The summed E-state index contributed by atoms with van der Waals surface area (Å²) in [6.45, 7) is 5.59. The van der Waals surface area contributed by atoms with E-state index in [1.807, 2.05) is 33.0 Å². The number of aromatic amines is 1. The van der Waals surface area contributed by atoms with Crippen LogP contribution in [0.15, 0.2) is 24.5 Å². The zero-order valence-electron chi connectivity index (χ0n) is 13.7. The van der Waals surface area contributed by atoms with Crippen LogP contribution in [0.3, 0.4) is 0 Å². The second-order valence-corrected chi connectivity index (χ2v) is 6.81. The van der Waals surface area contributed by atoms with Crippen LogP contribution in [0.4, 0.5) is 4.79 Å². The third-order valence-corrected chi connectivity index (χ3v) is 3.72. The predicted octanol–water partition coefficient (Wildman–Crippen LogP) is 3.42.